The summed E-state index contributed by atoms with van der Waals surface area (Å²) < 4.78 is 0. The lowest BCUT2D eigenvalue weighted by atomic mass is 10.1. The molecule has 1 N–H and O–H groups in total. The normalized spacial score (nSPS) is 15.0. The molecule has 0 saturated carbocycles. The molecule has 0 aliphatic carbocycles. The van der Waals surface area contributed by atoms with Crippen LogP contribution in [0.3, 0.4) is 0 Å². The van der Waals surface area contributed by atoms with Gasteiger partial charge in [-0.3, -0.25) is 14.5 Å². The van der Waals surface area contributed by atoms with Crippen LogP contribution in [0.1, 0.15) is 12.5 Å². The number of carbonyl (C=O) groups is 2. The van der Waals surface area contributed by atoms with Gasteiger partial charge in [-0.25, -0.2) is 0 Å². The van der Waals surface area contributed by atoms with Crippen molar-refractivity contribution in [2.75, 3.05) is 43.9 Å². The highest BCUT2D eigenvalue weighted by atomic mass is 35.5. The predicted molar refractivity (Wildman–Crippen MR) is 95.4 cm³/mol. The molecule has 1 aromatic carbocycles. The summed E-state index contributed by atoms with van der Waals surface area (Å²) in [5.41, 5.74) is 2.01. The summed E-state index contributed by atoms with van der Waals surface area (Å²) in [4.78, 5) is 27.5. The number of carbonyl (C=O) groups excluding carboxylic acids is 2. The fourth-order valence-electron chi connectivity index (χ4n) is 2.58. The molecule has 0 radical (unpaired) electrons. The van der Waals surface area contributed by atoms with Crippen LogP contribution in [0.25, 0.3) is 0 Å². The molecule has 2 rings (SSSR count). The molecule has 2 amide bonds. The number of halogens is 2. The van der Waals surface area contributed by atoms with Gasteiger partial charge in [0.25, 0.3) is 0 Å². The van der Waals surface area contributed by atoms with Crippen LogP contribution in [0.2, 0.25) is 0 Å². The Bertz CT molecular complexity index is 532. The number of para-hydroxylation sites is 1. The first kappa shape index (κ1) is 19.7. The first-order valence-corrected chi connectivity index (χ1v) is 8.11. The maximum Gasteiger partial charge on any atom is 0.238 e. The molecular weight excluding hydrogens is 337 g/mol. The Morgan fingerprint density at radius 3 is 2.43 bits per heavy atom. The molecule has 1 saturated heterocycles. The minimum atomic E-state index is -0.0392. The number of nitrogens with one attached hydrogen (secondary N) is 1. The predicted octanol–water partition coefficient (Wildman–Crippen LogP) is 1.99. The van der Waals surface area contributed by atoms with E-state index in [2.05, 4.69) is 17.1 Å². The van der Waals surface area contributed by atoms with Crippen LogP contribution in [-0.4, -0.2) is 60.2 Å². The van der Waals surface area contributed by atoms with Crippen LogP contribution in [0.5, 0.6) is 0 Å². The van der Waals surface area contributed by atoms with E-state index in [1.54, 1.807) is 4.90 Å². The second-order valence-corrected chi connectivity index (χ2v) is 5.62. The van der Waals surface area contributed by atoms with Gasteiger partial charge in [-0.2, -0.15) is 0 Å². The second kappa shape index (κ2) is 9.75. The Labute approximate surface area is 148 Å². The number of piperazine rings is 1. The Kier molecular flexibility index (Phi) is 8.37. The molecule has 128 valence electrons. The third kappa shape index (κ3) is 5.68. The fourth-order valence-corrected chi connectivity index (χ4v) is 2.75. The van der Waals surface area contributed by atoms with Gasteiger partial charge in [-0.05, 0) is 18.1 Å². The SMILES string of the molecule is CCc1ccccc1NC(=O)CN1CCN(C(=O)CCl)CC1.Cl. The molecule has 0 bridgehead atoms. The molecule has 1 aromatic rings. The van der Waals surface area contributed by atoms with Crippen molar-refractivity contribution in [3.05, 3.63) is 29.8 Å². The smallest absolute Gasteiger partial charge is 0.238 e. The Hall–Kier alpha value is -1.30. The van der Waals surface area contributed by atoms with Crippen LogP contribution in [0.15, 0.2) is 24.3 Å². The Balaban J connectivity index is 0.00000264. The molecule has 1 fully saturated rings. The van der Waals surface area contributed by atoms with Crippen LogP contribution < -0.4 is 5.32 Å². The van der Waals surface area contributed by atoms with Gasteiger partial charge >= 0.3 is 0 Å². The van der Waals surface area contributed by atoms with E-state index >= 15 is 0 Å². The van der Waals surface area contributed by atoms with Crippen molar-refractivity contribution in [3.63, 3.8) is 0 Å². The second-order valence-electron chi connectivity index (χ2n) is 5.35. The monoisotopic (exact) mass is 359 g/mol. The number of hydrogen-bond acceptors (Lipinski definition) is 3. The summed E-state index contributed by atoms with van der Waals surface area (Å²) in [6, 6.07) is 7.84. The van der Waals surface area contributed by atoms with Gasteiger partial charge in [0.2, 0.25) is 11.8 Å². The zero-order chi connectivity index (χ0) is 15.9. The first-order valence-electron chi connectivity index (χ1n) is 7.58. The van der Waals surface area contributed by atoms with Crippen LogP contribution >= 0.6 is 24.0 Å². The van der Waals surface area contributed by atoms with E-state index in [0.717, 1.165) is 17.7 Å². The van der Waals surface area contributed by atoms with Gasteiger partial charge < -0.3 is 10.2 Å². The van der Waals surface area contributed by atoms with Crippen molar-refractivity contribution in [1.29, 1.82) is 0 Å². The quantitative estimate of drug-likeness (QED) is 0.818. The van der Waals surface area contributed by atoms with Gasteiger partial charge in [0.1, 0.15) is 5.88 Å². The van der Waals surface area contributed by atoms with Crippen molar-refractivity contribution in [1.82, 2.24) is 9.80 Å². The van der Waals surface area contributed by atoms with Crippen molar-refractivity contribution < 1.29 is 9.59 Å². The van der Waals surface area contributed by atoms with Crippen LogP contribution in [-0.2, 0) is 16.0 Å². The van der Waals surface area contributed by atoms with E-state index in [-0.39, 0.29) is 30.1 Å². The summed E-state index contributed by atoms with van der Waals surface area (Å²) in [6.07, 6.45) is 0.885. The fraction of sp³-hybridized carbons (Fsp3) is 0.500. The molecule has 1 aliphatic heterocycles. The Morgan fingerprint density at radius 2 is 1.83 bits per heavy atom. The summed E-state index contributed by atoms with van der Waals surface area (Å²) in [5.74, 6) is -0.0328. The third-order valence-corrected chi connectivity index (χ3v) is 4.11. The average Bonchev–Trinajstić information content (AvgIpc) is 2.55. The number of amides is 2. The van der Waals surface area contributed by atoms with E-state index < -0.39 is 0 Å². The lowest BCUT2D eigenvalue weighted by Crippen LogP contribution is -2.50. The first-order chi connectivity index (χ1) is 10.6. The third-order valence-electron chi connectivity index (χ3n) is 3.88. The molecule has 5 nitrogen and oxygen atoms in total. The molecule has 7 heteroatoms. The van der Waals surface area contributed by atoms with E-state index in [4.69, 9.17) is 11.6 Å². The van der Waals surface area contributed by atoms with Crippen molar-refractivity contribution in [2.45, 2.75) is 13.3 Å². The van der Waals surface area contributed by atoms with Crippen molar-refractivity contribution >= 4 is 41.5 Å². The summed E-state index contributed by atoms with van der Waals surface area (Å²) in [7, 11) is 0. The van der Waals surface area contributed by atoms with Crippen LogP contribution in [0, 0.1) is 0 Å². The van der Waals surface area contributed by atoms with Crippen molar-refractivity contribution in [3.8, 4) is 0 Å². The van der Waals surface area contributed by atoms with E-state index in [1.807, 2.05) is 24.3 Å². The molecule has 0 spiro atoms. The summed E-state index contributed by atoms with van der Waals surface area (Å²) >= 11 is 5.56. The lowest BCUT2D eigenvalue weighted by molar-refractivity contribution is -0.130. The lowest BCUT2D eigenvalue weighted by Gasteiger charge is -2.34. The highest BCUT2D eigenvalue weighted by Crippen LogP contribution is 2.15. The molecule has 1 aliphatic rings. The van der Waals surface area contributed by atoms with E-state index in [1.165, 1.54) is 0 Å². The molecule has 23 heavy (non-hydrogen) atoms. The van der Waals surface area contributed by atoms with Gasteiger partial charge in [0, 0.05) is 31.9 Å². The Morgan fingerprint density at radius 1 is 1.17 bits per heavy atom. The molecule has 0 atom stereocenters. The van der Waals surface area contributed by atoms with Gasteiger partial charge in [0.05, 0.1) is 6.54 Å². The molecular formula is C16H23Cl2N3O2. The van der Waals surface area contributed by atoms with E-state index in [0.29, 0.717) is 32.7 Å². The zero-order valence-electron chi connectivity index (χ0n) is 13.3. The highest BCUT2D eigenvalue weighted by molar-refractivity contribution is 6.27. The van der Waals surface area contributed by atoms with Gasteiger partial charge in [-0.15, -0.1) is 24.0 Å². The minimum absolute atomic E-state index is 0. The standard InChI is InChI=1S/C16H22ClN3O2.ClH/c1-2-13-5-3-4-6-14(13)18-15(21)12-19-7-9-20(10-8-19)16(22)11-17;/h3-6H,2,7-12H2,1H3,(H,18,21);1H. The largest absolute Gasteiger partial charge is 0.339 e. The maximum absolute atomic E-state index is 12.2. The number of anilines is 1. The summed E-state index contributed by atoms with van der Waals surface area (Å²) in [6.45, 7) is 5.07. The van der Waals surface area contributed by atoms with Gasteiger partial charge in [-0.1, -0.05) is 25.1 Å². The van der Waals surface area contributed by atoms with E-state index in [9.17, 15) is 9.59 Å². The van der Waals surface area contributed by atoms with Crippen molar-refractivity contribution in [2.24, 2.45) is 0 Å². The molecule has 0 aromatic heterocycles. The highest BCUT2D eigenvalue weighted by Gasteiger charge is 2.21. The molecule has 0 unspecified atom stereocenters. The van der Waals surface area contributed by atoms with Crippen LogP contribution in [0.4, 0.5) is 5.69 Å². The number of alkyl halides is 1. The molecule has 1 heterocycles. The number of benzene rings is 1. The van der Waals surface area contributed by atoms with Gasteiger partial charge in [0.15, 0.2) is 0 Å². The minimum Gasteiger partial charge on any atom is -0.339 e. The topological polar surface area (TPSA) is 52.7 Å². The summed E-state index contributed by atoms with van der Waals surface area (Å²) in [5, 5.41) is 2.97. The number of hydrogen-bond donors (Lipinski definition) is 1. The average molecular weight is 360 g/mol. The maximum atomic E-state index is 12.2. The zero-order valence-corrected chi connectivity index (χ0v) is 14.8. The number of rotatable bonds is 5. The number of aryl methyl sites for hydroxylation is 1. The number of nitrogens with zero attached hydrogens (tertiary/aromatic N) is 2.